The van der Waals surface area contributed by atoms with Crippen molar-refractivity contribution in [2.24, 2.45) is 5.73 Å². The molecule has 0 saturated heterocycles. The fourth-order valence-electron chi connectivity index (χ4n) is 1.96. The largest absolute Gasteiger partial charge is 0.348 e. The normalized spacial score (nSPS) is 16.6. The Morgan fingerprint density at radius 3 is 3.00 bits per heavy atom. The number of fused-ring (bicyclic) bond motifs is 1. The fourth-order valence-corrected chi connectivity index (χ4v) is 3.11. The zero-order valence-electron chi connectivity index (χ0n) is 9.58. The first kappa shape index (κ1) is 11.6. The number of hydrogen-bond acceptors (Lipinski definition) is 3. The van der Waals surface area contributed by atoms with E-state index < -0.39 is 0 Å². The van der Waals surface area contributed by atoms with Gasteiger partial charge in [0.1, 0.15) is 0 Å². The summed E-state index contributed by atoms with van der Waals surface area (Å²) in [4.78, 5) is 14.1. The van der Waals surface area contributed by atoms with Crippen LogP contribution in [0.5, 0.6) is 0 Å². The van der Waals surface area contributed by atoms with Crippen molar-refractivity contribution in [3.05, 3.63) is 21.4 Å². The zero-order chi connectivity index (χ0) is 11.5. The van der Waals surface area contributed by atoms with E-state index in [-0.39, 0.29) is 11.9 Å². The molecular weight excluding hydrogens is 220 g/mol. The molecule has 0 fully saturated rings. The molecule has 0 spiro atoms. The molecule has 16 heavy (non-hydrogen) atoms. The predicted octanol–water partition coefficient (Wildman–Crippen LogP) is 1.70. The van der Waals surface area contributed by atoms with E-state index in [0.29, 0.717) is 6.54 Å². The van der Waals surface area contributed by atoms with E-state index in [2.05, 4.69) is 11.4 Å². The standard InChI is InChI=1S/C12H18N2OS/c1-8(7-13)14-12(15)11-6-9-4-2-3-5-10(9)16-11/h6,8H,2-5,7,13H2,1H3,(H,14,15). The summed E-state index contributed by atoms with van der Waals surface area (Å²) in [7, 11) is 0. The van der Waals surface area contributed by atoms with Crippen LogP contribution in [0.2, 0.25) is 0 Å². The molecule has 0 aliphatic heterocycles. The third kappa shape index (κ3) is 2.44. The van der Waals surface area contributed by atoms with Gasteiger partial charge in [-0.05, 0) is 44.2 Å². The van der Waals surface area contributed by atoms with Crippen LogP contribution in [-0.4, -0.2) is 18.5 Å². The molecule has 1 unspecified atom stereocenters. The van der Waals surface area contributed by atoms with Gasteiger partial charge >= 0.3 is 0 Å². The van der Waals surface area contributed by atoms with Crippen molar-refractivity contribution in [2.45, 2.75) is 38.6 Å². The Morgan fingerprint density at radius 1 is 1.56 bits per heavy atom. The summed E-state index contributed by atoms with van der Waals surface area (Å²) < 4.78 is 0. The molecule has 0 saturated carbocycles. The number of nitrogens with two attached hydrogens (primary N) is 1. The maximum absolute atomic E-state index is 11.9. The summed E-state index contributed by atoms with van der Waals surface area (Å²) >= 11 is 1.64. The number of thiophene rings is 1. The second-order valence-electron chi connectivity index (χ2n) is 4.38. The Bertz CT molecular complexity index is 363. The van der Waals surface area contributed by atoms with Crippen molar-refractivity contribution in [1.82, 2.24) is 5.32 Å². The molecule has 1 heterocycles. The minimum absolute atomic E-state index is 0.0253. The van der Waals surface area contributed by atoms with Crippen LogP contribution < -0.4 is 11.1 Å². The molecule has 1 aromatic rings. The summed E-state index contributed by atoms with van der Waals surface area (Å²) in [5.41, 5.74) is 6.86. The van der Waals surface area contributed by atoms with Crippen LogP contribution in [0.4, 0.5) is 0 Å². The molecule has 3 N–H and O–H groups in total. The van der Waals surface area contributed by atoms with Crippen LogP contribution in [0.3, 0.4) is 0 Å². The van der Waals surface area contributed by atoms with Gasteiger partial charge in [0.05, 0.1) is 4.88 Å². The number of rotatable bonds is 3. The van der Waals surface area contributed by atoms with Gasteiger partial charge in [-0.3, -0.25) is 4.79 Å². The van der Waals surface area contributed by atoms with Gasteiger partial charge in [-0.15, -0.1) is 11.3 Å². The highest BCUT2D eigenvalue weighted by molar-refractivity contribution is 7.14. The molecule has 0 radical (unpaired) electrons. The minimum Gasteiger partial charge on any atom is -0.348 e. The van der Waals surface area contributed by atoms with Crippen LogP contribution in [0.15, 0.2) is 6.07 Å². The lowest BCUT2D eigenvalue weighted by molar-refractivity contribution is 0.0945. The first-order chi connectivity index (χ1) is 7.70. The maximum Gasteiger partial charge on any atom is 0.261 e. The Labute approximate surface area is 100 Å². The number of carbonyl (C=O) groups excluding carboxylic acids is 1. The third-order valence-electron chi connectivity index (χ3n) is 2.95. The van der Waals surface area contributed by atoms with Gasteiger partial charge in [0.2, 0.25) is 0 Å². The van der Waals surface area contributed by atoms with E-state index in [1.165, 1.54) is 23.3 Å². The first-order valence-electron chi connectivity index (χ1n) is 5.83. The molecule has 88 valence electrons. The second kappa shape index (κ2) is 4.97. The number of nitrogens with one attached hydrogen (secondary N) is 1. The molecule has 4 heteroatoms. The summed E-state index contributed by atoms with van der Waals surface area (Å²) in [5.74, 6) is 0.0253. The lowest BCUT2D eigenvalue weighted by Crippen LogP contribution is -2.37. The van der Waals surface area contributed by atoms with Crippen molar-refractivity contribution >= 4 is 17.2 Å². The van der Waals surface area contributed by atoms with Gasteiger partial charge in [0, 0.05) is 17.5 Å². The third-order valence-corrected chi connectivity index (χ3v) is 4.19. The quantitative estimate of drug-likeness (QED) is 0.842. The monoisotopic (exact) mass is 238 g/mol. The number of hydrogen-bond donors (Lipinski definition) is 2. The van der Waals surface area contributed by atoms with Crippen molar-refractivity contribution in [3.8, 4) is 0 Å². The average molecular weight is 238 g/mol. The summed E-state index contributed by atoms with van der Waals surface area (Å²) in [6, 6.07) is 2.10. The van der Waals surface area contributed by atoms with Gasteiger partial charge in [-0.25, -0.2) is 0 Å². The van der Waals surface area contributed by atoms with Gasteiger partial charge in [-0.2, -0.15) is 0 Å². The summed E-state index contributed by atoms with van der Waals surface area (Å²) in [6.45, 7) is 2.41. The molecule has 3 nitrogen and oxygen atoms in total. The van der Waals surface area contributed by atoms with E-state index in [1.54, 1.807) is 11.3 Å². The van der Waals surface area contributed by atoms with Crippen LogP contribution in [0.25, 0.3) is 0 Å². The highest BCUT2D eigenvalue weighted by Gasteiger charge is 2.17. The lowest BCUT2D eigenvalue weighted by atomic mass is 9.99. The van der Waals surface area contributed by atoms with Gasteiger partial charge in [-0.1, -0.05) is 0 Å². The van der Waals surface area contributed by atoms with Crippen LogP contribution in [-0.2, 0) is 12.8 Å². The van der Waals surface area contributed by atoms with Crippen molar-refractivity contribution in [3.63, 3.8) is 0 Å². The fraction of sp³-hybridized carbons (Fsp3) is 0.583. The molecule has 1 amide bonds. The Morgan fingerprint density at radius 2 is 2.31 bits per heavy atom. The van der Waals surface area contributed by atoms with E-state index in [0.717, 1.165) is 17.7 Å². The van der Waals surface area contributed by atoms with E-state index in [9.17, 15) is 4.79 Å². The molecule has 1 atom stereocenters. The average Bonchev–Trinajstić information content (AvgIpc) is 2.72. The van der Waals surface area contributed by atoms with Crippen molar-refractivity contribution < 1.29 is 4.79 Å². The minimum atomic E-state index is 0.0253. The van der Waals surface area contributed by atoms with Gasteiger partial charge < -0.3 is 11.1 Å². The van der Waals surface area contributed by atoms with E-state index >= 15 is 0 Å². The van der Waals surface area contributed by atoms with E-state index in [1.807, 2.05) is 6.92 Å². The Kier molecular flexibility index (Phi) is 3.61. The molecule has 0 aromatic carbocycles. The van der Waals surface area contributed by atoms with Crippen molar-refractivity contribution in [2.75, 3.05) is 6.54 Å². The molecule has 1 aliphatic carbocycles. The van der Waals surface area contributed by atoms with Crippen LogP contribution in [0.1, 0.15) is 39.9 Å². The summed E-state index contributed by atoms with van der Waals surface area (Å²) in [5, 5.41) is 2.90. The SMILES string of the molecule is CC(CN)NC(=O)c1cc2c(s1)CCCC2. The number of amides is 1. The van der Waals surface area contributed by atoms with Gasteiger partial charge in [0.25, 0.3) is 5.91 Å². The zero-order valence-corrected chi connectivity index (χ0v) is 10.4. The number of aryl methyl sites for hydroxylation is 2. The predicted molar refractivity (Wildman–Crippen MR) is 66.9 cm³/mol. The molecule has 1 aromatic heterocycles. The highest BCUT2D eigenvalue weighted by atomic mass is 32.1. The molecule has 1 aliphatic rings. The van der Waals surface area contributed by atoms with E-state index in [4.69, 9.17) is 5.73 Å². The topological polar surface area (TPSA) is 55.1 Å². The van der Waals surface area contributed by atoms with Crippen LogP contribution in [0, 0.1) is 0 Å². The second-order valence-corrected chi connectivity index (χ2v) is 5.51. The highest BCUT2D eigenvalue weighted by Crippen LogP contribution is 2.29. The summed E-state index contributed by atoms with van der Waals surface area (Å²) in [6.07, 6.45) is 4.78. The smallest absolute Gasteiger partial charge is 0.261 e. The molecular formula is C12H18N2OS. The van der Waals surface area contributed by atoms with Gasteiger partial charge in [0.15, 0.2) is 0 Å². The number of carbonyl (C=O) groups is 1. The Balaban J connectivity index is 2.09. The Hall–Kier alpha value is -0.870. The molecule has 2 rings (SSSR count). The lowest BCUT2D eigenvalue weighted by Gasteiger charge is -2.09. The molecule has 0 bridgehead atoms. The first-order valence-corrected chi connectivity index (χ1v) is 6.65. The van der Waals surface area contributed by atoms with Crippen molar-refractivity contribution in [1.29, 1.82) is 0 Å². The van der Waals surface area contributed by atoms with Crippen LogP contribution >= 0.6 is 11.3 Å². The maximum atomic E-state index is 11.9.